The van der Waals surface area contributed by atoms with Crippen molar-refractivity contribution in [2.75, 3.05) is 7.11 Å². The van der Waals surface area contributed by atoms with E-state index in [1.54, 1.807) is 7.11 Å². The van der Waals surface area contributed by atoms with Gasteiger partial charge in [-0.15, -0.1) is 0 Å². The molecule has 3 aromatic rings. The lowest BCUT2D eigenvalue weighted by Gasteiger charge is -2.04. The number of hydrogen-bond donors (Lipinski definition) is 1. The van der Waals surface area contributed by atoms with Gasteiger partial charge >= 0.3 is 0 Å². The van der Waals surface area contributed by atoms with Crippen LogP contribution in [0.5, 0.6) is 5.75 Å². The fourth-order valence-electron chi connectivity index (χ4n) is 2.57. The highest BCUT2D eigenvalue weighted by molar-refractivity contribution is 6.32. The first kappa shape index (κ1) is 16.6. The Kier molecular flexibility index (Phi) is 5.24. The lowest BCUT2D eigenvalue weighted by molar-refractivity contribution is -0.687. The Morgan fingerprint density at radius 3 is 2.50 bits per heavy atom. The Hall–Kier alpha value is -2.23. The SMILES string of the molecule is COc1ccc(-c2ccc(C[NH2+]Cc3ccc(C)cc3)o2)cc1Cl. The van der Waals surface area contributed by atoms with Gasteiger partial charge in [-0.05, 0) is 37.3 Å². The van der Waals surface area contributed by atoms with E-state index in [0.29, 0.717) is 10.8 Å². The molecular weight excluding hydrogens is 322 g/mol. The molecule has 0 fully saturated rings. The molecule has 0 saturated carbocycles. The Morgan fingerprint density at radius 2 is 1.79 bits per heavy atom. The minimum atomic E-state index is 0.582. The highest BCUT2D eigenvalue weighted by atomic mass is 35.5. The summed E-state index contributed by atoms with van der Waals surface area (Å²) in [5.74, 6) is 2.43. The van der Waals surface area contributed by atoms with E-state index in [-0.39, 0.29) is 0 Å². The van der Waals surface area contributed by atoms with Crippen LogP contribution < -0.4 is 10.1 Å². The summed E-state index contributed by atoms with van der Waals surface area (Å²) in [4.78, 5) is 0. The molecule has 0 aliphatic carbocycles. The minimum Gasteiger partial charge on any atom is -0.495 e. The number of hydrogen-bond acceptors (Lipinski definition) is 2. The van der Waals surface area contributed by atoms with Gasteiger partial charge in [0, 0.05) is 11.1 Å². The number of rotatable bonds is 6. The van der Waals surface area contributed by atoms with E-state index in [1.165, 1.54) is 11.1 Å². The van der Waals surface area contributed by atoms with Crippen LogP contribution in [0.3, 0.4) is 0 Å². The molecule has 0 atom stereocenters. The number of halogens is 1. The van der Waals surface area contributed by atoms with Crippen LogP contribution >= 0.6 is 11.6 Å². The second kappa shape index (κ2) is 7.56. The number of aryl methyl sites for hydroxylation is 1. The summed E-state index contributed by atoms with van der Waals surface area (Å²) in [5.41, 5.74) is 3.55. The third kappa shape index (κ3) is 3.99. The zero-order valence-corrected chi connectivity index (χ0v) is 14.6. The van der Waals surface area contributed by atoms with E-state index in [1.807, 2.05) is 30.3 Å². The van der Waals surface area contributed by atoms with Gasteiger partial charge in [0.05, 0.1) is 12.1 Å². The molecule has 3 rings (SSSR count). The molecule has 0 amide bonds. The Morgan fingerprint density at radius 1 is 1.00 bits per heavy atom. The Labute approximate surface area is 147 Å². The van der Waals surface area contributed by atoms with Gasteiger partial charge in [0.25, 0.3) is 0 Å². The molecule has 0 aliphatic heterocycles. The van der Waals surface area contributed by atoms with Crippen molar-refractivity contribution in [3.63, 3.8) is 0 Å². The summed E-state index contributed by atoms with van der Waals surface area (Å²) >= 11 is 6.18. The molecule has 0 radical (unpaired) electrons. The molecule has 0 unspecified atom stereocenters. The maximum Gasteiger partial charge on any atom is 0.158 e. The molecule has 124 valence electrons. The van der Waals surface area contributed by atoms with Crippen molar-refractivity contribution in [3.8, 4) is 17.1 Å². The second-order valence-corrected chi connectivity index (χ2v) is 6.21. The molecule has 1 aromatic heterocycles. The highest BCUT2D eigenvalue weighted by Crippen LogP contribution is 2.30. The number of furan rings is 1. The van der Waals surface area contributed by atoms with E-state index < -0.39 is 0 Å². The van der Waals surface area contributed by atoms with Gasteiger partial charge in [0.2, 0.25) is 0 Å². The van der Waals surface area contributed by atoms with Crippen molar-refractivity contribution < 1.29 is 14.5 Å². The first-order valence-electron chi connectivity index (χ1n) is 7.95. The van der Waals surface area contributed by atoms with Crippen LogP contribution in [0.1, 0.15) is 16.9 Å². The molecule has 24 heavy (non-hydrogen) atoms. The first-order chi connectivity index (χ1) is 11.7. The topological polar surface area (TPSA) is 39.0 Å². The van der Waals surface area contributed by atoms with E-state index in [9.17, 15) is 0 Å². The fraction of sp³-hybridized carbons (Fsp3) is 0.200. The van der Waals surface area contributed by atoms with Gasteiger partial charge in [-0.1, -0.05) is 41.4 Å². The molecule has 1 heterocycles. The average molecular weight is 343 g/mol. The van der Waals surface area contributed by atoms with Crippen molar-refractivity contribution in [3.05, 3.63) is 76.5 Å². The molecule has 0 aliphatic rings. The Bertz CT molecular complexity index is 809. The van der Waals surface area contributed by atoms with Gasteiger partial charge in [-0.25, -0.2) is 0 Å². The van der Waals surface area contributed by atoms with Crippen LogP contribution in [0, 0.1) is 6.92 Å². The smallest absolute Gasteiger partial charge is 0.158 e. The second-order valence-electron chi connectivity index (χ2n) is 5.80. The number of benzene rings is 2. The van der Waals surface area contributed by atoms with Gasteiger partial charge in [-0.3, -0.25) is 0 Å². The molecule has 0 spiro atoms. The third-order valence-electron chi connectivity index (χ3n) is 3.94. The average Bonchev–Trinajstić information content (AvgIpc) is 3.05. The maximum absolute atomic E-state index is 6.18. The van der Waals surface area contributed by atoms with E-state index in [0.717, 1.165) is 30.2 Å². The number of methoxy groups -OCH3 is 1. The molecular formula is C20H21ClNO2+. The van der Waals surface area contributed by atoms with Crippen LogP contribution in [0.2, 0.25) is 5.02 Å². The van der Waals surface area contributed by atoms with E-state index in [2.05, 4.69) is 36.5 Å². The Balaban J connectivity index is 1.61. The normalized spacial score (nSPS) is 10.8. The van der Waals surface area contributed by atoms with Crippen molar-refractivity contribution in [2.45, 2.75) is 20.0 Å². The highest BCUT2D eigenvalue weighted by Gasteiger charge is 2.09. The predicted molar refractivity (Wildman–Crippen MR) is 96.2 cm³/mol. The maximum atomic E-state index is 6.18. The van der Waals surface area contributed by atoms with E-state index in [4.69, 9.17) is 20.8 Å². The largest absolute Gasteiger partial charge is 0.495 e. The minimum absolute atomic E-state index is 0.582. The van der Waals surface area contributed by atoms with Crippen molar-refractivity contribution in [1.29, 1.82) is 0 Å². The third-order valence-corrected chi connectivity index (χ3v) is 4.24. The van der Waals surface area contributed by atoms with Gasteiger partial charge in [0.1, 0.15) is 24.6 Å². The zero-order chi connectivity index (χ0) is 16.9. The van der Waals surface area contributed by atoms with Gasteiger partial charge < -0.3 is 14.5 Å². The number of nitrogens with two attached hydrogens (primary N) is 1. The summed E-state index contributed by atoms with van der Waals surface area (Å²) in [6.07, 6.45) is 0. The van der Waals surface area contributed by atoms with Crippen molar-refractivity contribution >= 4 is 11.6 Å². The van der Waals surface area contributed by atoms with E-state index >= 15 is 0 Å². The zero-order valence-electron chi connectivity index (χ0n) is 13.9. The summed E-state index contributed by atoms with van der Waals surface area (Å²) < 4.78 is 11.1. The summed E-state index contributed by atoms with van der Waals surface area (Å²) in [7, 11) is 1.61. The van der Waals surface area contributed by atoms with Gasteiger partial charge in [-0.2, -0.15) is 0 Å². The van der Waals surface area contributed by atoms with Crippen LogP contribution in [0.25, 0.3) is 11.3 Å². The summed E-state index contributed by atoms with van der Waals surface area (Å²) in [6.45, 7) is 3.84. The van der Waals surface area contributed by atoms with Gasteiger partial charge in [0.15, 0.2) is 5.76 Å². The predicted octanol–water partition coefficient (Wildman–Crippen LogP) is 4.18. The summed E-state index contributed by atoms with van der Waals surface area (Å²) in [6, 6.07) is 18.3. The standard InChI is InChI=1S/C20H20ClNO2/c1-14-3-5-15(6-4-14)12-22-13-17-8-10-19(24-17)16-7-9-20(23-2)18(21)11-16/h3-11,22H,12-13H2,1-2H3/p+1. The lowest BCUT2D eigenvalue weighted by Crippen LogP contribution is -2.80. The number of ether oxygens (including phenoxy) is 1. The molecule has 4 heteroatoms. The first-order valence-corrected chi connectivity index (χ1v) is 8.33. The van der Waals surface area contributed by atoms with Crippen LogP contribution in [0.4, 0.5) is 0 Å². The van der Waals surface area contributed by atoms with Crippen molar-refractivity contribution in [2.24, 2.45) is 0 Å². The van der Waals surface area contributed by atoms with Crippen molar-refractivity contribution in [1.82, 2.24) is 0 Å². The van der Waals surface area contributed by atoms with Crippen LogP contribution in [-0.2, 0) is 13.1 Å². The molecule has 2 aromatic carbocycles. The molecule has 2 N–H and O–H groups in total. The molecule has 3 nitrogen and oxygen atoms in total. The summed E-state index contributed by atoms with van der Waals surface area (Å²) in [5, 5.41) is 2.81. The fourth-order valence-corrected chi connectivity index (χ4v) is 2.83. The van der Waals surface area contributed by atoms with Crippen LogP contribution in [-0.4, -0.2) is 7.11 Å². The lowest BCUT2D eigenvalue weighted by atomic mass is 10.1. The number of quaternary nitrogens is 1. The molecule has 0 bridgehead atoms. The quantitative estimate of drug-likeness (QED) is 0.729. The monoisotopic (exact) mass is 342 g/mol. The molecule has 0 saturated heterocycles. The van der Waals surface area contributed by atoms with Crippen LogP contribution in [0.15, 0.2) is 59.0 Å².